The van der Waals surface area contributed by atoms with Gasteiger partial charge in [-0.2, -0.15) is 5.10 Å². The van der Waals surface area contributed by atoms with E-state index in [9.17, 15) is 4.79 Å². The van der Waals surface area contributed by atoms with Crippen molar-refractivity contribution < 1.29 is 14.3 Å². The average Bonchev–Trinajstić information content (AvgIpc) is 2.90. The molecular weight excluding hydrogens is 385 g/mol. The van der Waals surface area contributed by atoms with E-state index in [0.717, 1.165) is 40.5 Å². The van der Waals surface area contributed by atoms with E-state index in [1.165, 1.54) is 7.11 Å². The molecule has 7 heteroatoms. The Balaban J connectivity index is 1.70. The lowest BCUT2D eigenvalue weighted by atomic mass is 9.87. The van der Waals surface area contributed by atoms with Crippen molar-refractivity contribution >= 4 is 39.6 Å². The lowest BCUT2D eigenvalue weighted by molar-refractivity contribution is -0.147. The van der Waals surface area contributed by atoms with E-state index >= 15 is 0 Å². The topological polar surface area (TPSA) is 77.1 Å². The highest BCUT2D eigenvalue weighted by atomic mass is 127. The van der Waals surface area contributed by atoms with Crippen molar-refractivity contribution in [3.63, 3.8) is 0 Å². The molecule has 0 saturated heterocycles. The molecule has 0 spiro atoms. The van der Waals surface area contributed by atoms with Gasteiger partial charge in [-0.15, -0.1) is 0 Å². The number of aromatic amines is 1. The van der Waals surface area contributed by atoms with E-state index in [2.05, 4.69) is 37.8 Å². The van der Waals surface area contributed by atoms with Crippen LogP contribution < -0.4 is 4.74 Å². The standard InChI is InChI=1S/C14H16IN3O3/c1-20-14(19)8-2-4-9(5-3-8)21-10-6-7-16-13-11(10)12(15)17-18-13/h6-9H,2-5H2,1H3,(H,16,17,18). The maximum Gasteiger partial charge on any atom is 0.308 e. The SMILES string of the molecule is COC(=O)C1CCC(Oc2ccnc3n[nH]c(I)c23)CC1. The number of esters is 1. The van der Waals surface area contributed by atoms with Gasteiger partial charge in [-0.1, -0.05) is 0 Å². The predicted octanol–water partition coefficient (Wildman–Crippen LogP) is 2.67. The lowest BCUT2D eigenvalue weighted by Gasteiger charge is -2.27. The first-order chi connectivity index (χ1) is 10.2. The number of carbonyl (C=O) groups is 1. The number of rotatable bonds is 3. The largest absolute Gasteiger partial charge is 0.490 e. The molecule has 0 atom stereocenters. The summed E-state index contributed by atoms with van der Waals surface area (Å²) in [4.78, 5) is 15.7. The molecule has 0 unspecified atom stereocenters. The molecule has 0 bridgehead atoms. The Kier molecular flexibility index (Phi) is 4.27. The number of fused-ring (bicyclic) bond motifs is 1. The maximum atomic E-state index is 11.5. The van der Waals surface area contributed by atoms with Crippen LogP contribution >= 0.6 is 22.6 Å². The van der Waals surface area contributed by atoms with Crippen LogP contribution in [0.1, 0.15) is 25.7 Å². The number of methoxy groups -OCH3 is 1. The van der Waals surface area contributed by atoms with Crippen LogP contribution in [0.3, 0.4) is 0 Å². The summed E-state index contributed by atoms with van der Waals surface area (Å²) in [6.07, 6.45) is 5.18. The maximum absolute atomic E-state index is 11.5. The molecule has 6 nitrogen and oxygen atoms in total. The molecule has 0 radical (unpaired) electrons. The van der Waals surface area contributed by atoms with Gasteiger partial charge in [0.2, 0.25) is 0 Å². The van der Waals surface area contributed by atoms with Gasteiger partial charge < -0.3 is 9.47 Å². The molecule has 21 heavy (non-hydrogen) atoms. The highest BCUT2D eigenvalue weighted by molar-refractivity contribution is 14.1. The van der Waals surface area contributed by atoms with Gasteiger partial charge in [0.1, 0.15) is 9.45 Å². The highest BCUT2D eigenvalue weighted by Gasteiger charge is 2.28. The molecule has 2 heterocycles. The van der Waals surface area contributed by atoms with E-state index in [-0.39, 0.29) is 18.0 Å². The summed E-state index contributed by atoms with van der Waals surface area (Å²) in [7, 11) is 1.44. The molecule has 0 amide bonds. The normalized spacial score (nSPS) is 22.2. The van der Waals surface area contributed by atoms with Gasteiger partial charge in [0.05, 0.1) is 24.5 Å². The number of hydrogen-bond donors (Lipinski definition) is 1. The van der Waals surface area contributed by atoms with Gasteiger partial charge in [0.25, 0.3) is 0 Å². The van der Waals surface area contributed by atoms with Crippen LogP contribution in [0.5, 0.6) is 5.75 Å². The van der Waals surface area contributed by atoms with Crippen LogP contribution in [0.15, 0.2) is 12.3 Å². The second-order valence-corrected chi connectivity index (χ2v) is 6.24. The number of aromatic nitrogens is 3. The van der Waals surface area contributed by atoms with Crippen molar-refractivity contribution in [2.75, 3.05) is 7.11 Å². The Hall–Kier alpha value is -1.38. The molecule has 1 N–H and O–H groups in total. The summed E-state index contributed by atoms with van der Waals surface area (Å²) in [6, 6.07) is 1.87. The fourth-order valence-corrected chi connectivity index (χ4v) is 3.37. The zero-order chi connectivity index (χ0) is 14.8. The Morgan fingerprint density at radius 1 is 1.38 bits per heavy atom. The van der Waals surface area contributed by atoms with Gasteiger partial charge in [0, 0.05) is 6.20 Å². The minimum absolute atomic E-state index is 0.0152. The monoisotopic (exact) mass is 401 g/mol. The van der Waals surface area contributed by atoms with Crippen LogP contribution in [0.4, 0.5) is 0 Å². The second kappa shape index (κ2) is 6.17. The van der Waals surface area contributed by atoms with Gasteiger partial charge in [0.15, 0.2) is 5.65 Å². The van der Waals surface area contributed by atoms with Crippen molar-refractivity contribution in [2.24, 2.45) is 5.92 Å². The Bertz CT molecular complexity index is 650. The number of nitrogens with one attached hydrogen (secondary N) is 1. The van der Waals surface area contributed by atoms with Crippen molar-refractivity contribution in [1.82, 2.24) is 15.2 Å². The molecule has 3 rings (SSSR count). The van der Waals surface area contributed by atoms with Crippen molar-refractivity contribution in [1.29, 1.82) is 0 Å². The number of nitrogens with zero attached hydrogens (tertiary/aromatic N) is 2. The summed E-state index contributed by atoms with van der Waals surface area (Å²) in [6.45, 7) is 0. The number of carbonyl (C=O) groups excluding carboxylic acids is 1. The van der Waals surface area contributed by atoms with E-state index < -0.39 is 0 Å². The molecule has 1 fully saturated rings. The van der Waals surface area contributed by atoms with Gasteiger partial charge in [-0.3, -0.25) is 9.89 Å². The number of hydrogen-bond acceptors (Lipinski definition) is 5. The first kappa shape index (κ1) is 14.6. The van der Waals surface area contributed by atoms with E-state index in [0.29, 0.717) is 5.65 Å². The zero-order valence-electron chi connectivity index (χ0n) is 11.6. The average molecular weight is 401 g/mol. The number of ether oxygens (including phenoxy) is 2. The first-order valence-electron chi connectivity index (χ1n) is 6.92. The fraction of sp³-hybridized carbons (Fsp3) is 0.500. The second-order valence-electron chi connectivity index (χ2n) is 5.16. The molecule has 0 aliphatic heterocycles. The molecule has 1 aliphatic rings. The van der Waals surface area contributed by atoms with Crippen LogP contribution in [0.2, 0.25) is 0 Å². The fourth-order valence-electron chi connectivity index (χ4n) is 2.74. The van der Waals surface area contributed by atoms with E-state index in [1.807, 2.05) is 6.07 Å². The van der Waals surface area contributed by atoms with E-state index in [4.69, 9.17) is 9.47 Å². The summed E-state index contributed by atoms with van der Waals surface area (Å²) in [5.74, 6) is 0.713. The third-order valence-electron chi connectivity index (χ3n) is 3.87. The van der Waals surface area contributed by atoms with Crippen LogP contribution in [0.25, 0.3) is 11.0 Å². The van der Waals surface area contributed by atoms with Crippen molar-refractivity contribution in [3.8, 4) is 5.75 Å². The van der Waals surface area contributed by atoms with Crippen LogP contribution in [-0.2, 0) is 9.53 Å². The molecule has 2 aromatic rings. The summed E-state index contributed by atoms with van der Waals surface area (Å²) in [5, 5.41) is 7.97. The number of pyridine rings is 1. The third kappa shape index (κ3) is 2.97. The van der Waals surface area contributed by atoms with Crippen molar-refractivity contribution in [3.05, 3.63) is 16.0 Å². The number of halogens is 1. The minimum atomic E-state index is -0.107. The Morgan fingerprint density at radius 2 is 2.14 bits per heavy atom. The summed E-state index contributed by atoms with van der Waals surface area (Å²) < 4.78 is 11.8. The summed E-state index contributed by atoms with van der Waals surface area (Å²) in [5.41, 5.74) is 0.667. The highest BCUT2D eigenvalue weighted by Crippen LogP contribution is 2.32. The van der Waals surface area contributed by atoms with Gasteiger partial charge in [-0.25, -0.2) is 4.98 Å². The molecule has 112 valence electrons. The molecule has 0 aromatic carbocycles. The van der Waals surface area contributed by atoms with Crippen LogP contribution in [-0.4, -0.2) is 34.4 Å². The van der Waals surface area contributed by atoms with Crippen molar-refractivity contribution in [2.45, 2.75) is 31.8 Å². The summed E-state index contributed by atoms with van der Waals surface area (Å²) >= 11 is 2.19. The van der Waals surface area contributed by atoms with Gasteiger partial charge in [-0.05, 0) is 54.3 Å². The molecular formula is C14H16IN3O3. The quantitative estimate of drug-likeness (QED) is 0.632. The van der Waals surface area contributed by atoms with E-state index in [1.54, 1.807) is 6.20 Å². The third-order valence-corrected chi connectivity index (χ3v) is 4.66. The predicted molar refractivity (Wildman–Crippen MR) is 85.0 cm³/mol. The molecule has 1 saturated carbocycles. The smallest absolute Gasteiger partial charge is 0.308 e. The number of H-pyrrole nitrogens is 1. The Morgan fingerprint density at radius 3 is 2.86 bits per heavy atom. The first-order valence-corrected chi connectivity index (χ1v) is 8.00. The zero-order valence-corrected chi connectivity index (χ0v) is 13.8. The van der Waals surface area contributed by atoms with Gasteiger partial charge >= 0.3 is 5.97 Å². The molecule has 1 aliphatic carbocycles. The van der Waals surface area contributed by atoms with Crippen LogP contribution in [0, 0.1) is 9.62 Å². The minimum Gasteiger partial charge on any atom is -0.490 e. The Labute approximate surface area is 135 Å². The molecule has 2 aromatic heterocycles. The lowest BCUT2D eigenvalue weighted by Crippen LogP contribution is -2.28.